The molecule has 1 atom stereocenters. The first-order valence-corrected chi connectivity index (χ1v) is 10.5. The van der Waals surface area contributed by atoms with Crippen LogP contribution in [0, 0.1) is 5.92 Å². The Morgan fingerprint density at radius 1 is 1.17 bits per heavy atom. The summed E-state index contributed by atoms with van der Waals surface area (Å²) >= 11 is 0. The predicted octanol–water partition coefficient (Wildman–Crippen LogP) is 1.79. The fraction of sp³-hybridized carbons (Fsp3) is 0.591. The molecule has 0 saturated carbocycles. The highest BCUT2D eigenvalue weighted by Gasteiger charge is 2.40. The maximum absolute atomic E-state index is 12.6. The Balaban J connectivity index is 1.61. The van der Waals surface area contributed by atoms with Crippen molar-refractivity contribution in [3.05, 3.63) is 23.8 Å². The van der Waals surface area contributed by atoms with Crippen LogP contribution in [0.2, 0.25) is 0 Å². The van der Waals surface area contributed by atoms with Crippen LogP contribution in [0.3, 0.4) is 0 Å². The number of amides is 3. The highest BCUT2D eigenvalue weighted by Crippen LogP contribution is 2.34. The Morgan fingerprint density at radius 2 is 1.87 bits per heavy atom. The lowest BCUT2D eigenvalue weighted by Gasteiger charge is -2.41. The van der Waals surface area contributed by atoms with Gasteiger partial charge in [0.1, 0.15) is 18.8 Å². The molecule has 2 heterocycles. The van der Waals surface area contributed by atoms with Crippen LogP contribution in [-0.2, 0) is 14.4 Å². The molecule has 0 unspecified atom stereocenters. The van der Waals surface area contributed by atoms with E-state index in [1.807, 2.05) is 32.0 Å². The molecule has 0 radical (unpaired) electrons. The third kappa shape index (κ3) is 4.68. The number of hydrogen-bond donors (Lipinski definition) is 2. The number of benzene rings is 1. The van der Waals surface area contributed by atoms with E-state index < -0.39 is 5.54 Å². The van der Waals surface area contributed by atoms with Crippen LogP contribution in [0.1, 0.15) is 52.1 Å². The zero-order valence-electron chi connectivity index (χ0n) is 18.1. The van der Waals surface area contributed by atoms with Gasteiger partial charge in [0.05, 0.1) is 6.04 Å². The lowest BCUT2D eigenvalue weighted by Crippen LogP contribution is -2.63. The van der Waals surface area contributed by atoms with E-state index >= 15 is 0 Å². The summed E-state index contributed by atoms with van der Waals surface area (Å²) in [7, 11) is 0. The molecular weight excluding hydrogens is 386 g/mol. The second-order valence-electron chi connectivity index (χ2n) is 8.55. The van der Waals surface area contributed by atoms with Crippen LogP contribution in [0.15, 0.2) is 18.2 Å². The van der Waals surface area contributed by atoms with Gasteiger partial charge in [-0.25, -0.2) is 0 Å². The maximum Gasteiger partial charge on any atom is 0.245 e. The van der Waals surface area contributed by atoms with Crippen molar-refractivity contribution in [2.24, 2.45) is 5.92 Å². The summed E-state index contributed by atoms with van der Waals surface area (Å²) < 4.78 is 11.2. The highest BCUT2D eigenvalue weighted by molar-refractivity contribution is 5.93. The van der Waals surface area contributed by atoms with Crippen molar-refractivity contribution in [3.63, 3.8) is 0 Å². The molecular formula is C22H31N3O5. The molecule has 164 valence electrons. The Labute approximate surface area is 177 Å². The number of fused-ring (bicyclic) bond motifs is 1. The number of hydrogen-bond acceptors (Lipinski definition) is 5. The van der Waals surface area contributed by atoms with E-state index in [1.54, 1.807) is 18.7 Å². The average molecular weight is 418 g/mol. The van der Waals surface area contributed by atoms with Gasteiger partial charge < -0.3 is 25.0 Å². The lowest BCUT2D eigenvalue weighted by atomic mass is 9.95. The van der Waals surface area contributed by atoms with Gasteiger partial charge in [0.15, 0.2) is 11.5 Å². The van der Waals surface area contributed by atoms with E-state index in [-0.39, 0.29) is 42.5 Å². The molecule has 2 aliphatic heterocycles. The number of ether oxygens (including phenoxy) is 2. The minimum Gasteiger partial charge on any atom is -0.486 e. The zero-order valence-corrected chi connectivity index (χ0v) is 18.1. The van der Waals surface area contributed by atoms with E-state index in [1.165, 1.54) is 0 Å². The summed E-state index contributed by atoms with van der Waals surface area (Å²) in [5.74, 6) is 0.973. The van der Waals surface area contributed by atoms with Gasteiger partial charge in [-0.2, -0.15) is 0 Å². The molecule has 2 N–H and O–H groups in total. The normalized spacial score (nSPS) is 18.6. The number of nitrogens with zero attached hydrogens (tertiary/aromatic N) is 1. The van der Waals surface area contributed by atoms with Gasteiger partial charge in [0.25, 0.3) is 0 Å². The standard InChI is InChI=1S/C22H31N3O5/c1-14(2)20(15-5-6-16-17(13-15)30-12-11-29-16)24-18(26)7-8-19(27)25-10-9-23-21(28)22(25,3)4/h5-6,13-14,20H,7-12H2,1-4H3,(H,23,28)(H,24,26)/t20-/m0/s1. The van der Waals surface area contributed by atoms with E-state index in [9.17, 15) is 14.4 Å². The van der Waals surface area contributed by atoms with Gasteiger partial charge in [0.2, 0.25) is 17.7 Å². The average Bonchev–Trinajstić information content (AvgIpc) is 2.71. The first kappa shape index (κ1) is 21.9. The quantitative estimate of drug-likeness (QED) is 0.736. The fourth-order valence-electron chi connectivity index (χ4n) is 3.83. The maximum atomic E-state index is 12.6. The number of carbonyl (C=O) groups excluding carboxylic acids is 3. The zero-order chi connectivity index (χ0) is 21.9. The van der Waals surface area contributed by atoms with Crippen LogP contribution in [-0.4, -0.2) is 54.5 Å². The molecule has 8 nitrogen and oxygen atoms in total. The monoisotopic (exact) mass is 417 g/mol. The highest BCUT2D eigenvalue weighted by atomic mass is 16.6. The third-order valence-corrected chi connectivity index (χ3v) is 5.63. The summed E-state index contributed by atoms with van der Waals surface area (Å²) in [6.45, 7) is 9.41. The first-order chi connectivity index (χ1) is 14.2. The molecule has 1 fully saturated rings. The van der Waals surface area contributed by atoms with Crippen molar-refractivity contribution in [3.8, 4) is 11.5 Å². The Bertz CT molecular complexity index is 821. The van der Waals surface area contributed by atoms with Crippen molar-refractivity contribution >= 4 is 17.7 Å². The SMILES string of the molecule is CC(C)[C@H](NC(=O)CCC(=O)N1CCNC(=O)C1(C)C)c1ccc2c(c1)OCCO2. The number of nitrogens with one attached hydrogen (secondary N) is 2. The molecule has 0 aliphatic carbocycles. The van der Waals surface area contributed by atoms with Gasteiger partial charge >= 0.3 is 0 Å². The molecule has 2 aliphatic rings. The van der Waals surface area contributed by atoms with Crippen molar-refractivity contribution < 1.29 is 23.9 Å². The molecule has 0 aromatic heterocycles. The smallest absolute Gasteiger partial charge is 0.245 e. The number of rotatable bonds is 6. The van der Waals surface area contributed by atoms with Crippen LogP contribution in [0.25, 0.3) is 0 Å². The van der Waals surface area contributed by atoms with E-state index in [0.29, 0.717) is 37.8 Å². The molecule has 0 bridgehead atoms. The van der Waals surface area contributed by atoms with Crippen LogP contribution in [0.4, 0.5) is 0 Å². The minimum absolute atomic E-state index is 0.0640. The van der Waals surface area contributed by atoms with Gasteiger partial charge in [0, 0.05) is 25.9 Å². The van der Waals surface area contributed by atoms with E-state index in [0.717, 1.165) is 5.56 Å². The molecule has 30 heavy (non-hydrogen) atoms. The topological polar surface area (TPSA) is 97.0 Å². The lowest BCUT2D eigenvalue weighted by molar-refractivity contribution is -0.149. The fourth-order valence-corrected chi connectivity index (χ4v) is 3.83. The van der Waals surface area contributed by atoms with E-state index in [4.69, 9.17) is 9.47 Å². The molecule has 8 heteroatoms. The van der Waals surface area contributed by atoms with Crippen molar-refractivity contribution in [2.75, 3.05) is 26.3 Å². The second kappa shape index (κ2) is 8.93. The summed E-state index contributed by atoms with van der Waals surface area (Å²) in [6, 6.07) is 5.48. The molecule has 1 aromatic carbocycles. The largest absolute Gasteiger partial charge is 0.486 e. The van der Waals surface area contributed by atoms with Gasteiger partial charge in [-0.05, 0) is 37.5 Å². The number of carbonyl (C=O) groups is 3. The first-order valence-electron chi connectivity index (χ1n) is 10.5. The number of piperazine rings is 1. The summed E-state index contributed by atoms with van der Waals surface area (Å²) in [4.78, 5) is 38.9. The Hall–Kier alpha value is -2.77. The van der Waals surface area contributed by atoms with Gasteiger partial charge in [-0.1, -0.05) is 19.9 Å². The molecule has 1 aromatic rings. The van der Waals surface area contributed by atoms with Crippen molar-refractivity contribution in [1.29, 1.82) is 0 Å². The third-order valence-electron chi connectivity index (χ3n) is 5.63. The van der Waals surface area contributed by atoms with Gasteiger partial charge in [-0.15, -0.1) is 0 Å². The predicted molar refractivity (Wildman–Crippen MR) is 111 cm³/mol. The van der Waals surface area contributed by atoms with Crippen LogP contribution >= 0.6 is 0 Å². The minimum atomic E-state index is -0.905. The van der Waals surface area contributed by atoms with Crippen molar-refractivity contribution in [1.82, 2.24) is 15.5 Å². The molecule has 3 amide bonds. The van der Waals surface area contributed by atoms with E-state index in [2.05, 4.69) is 10.6 Å². The molecule has 0 spiro atoms. The summed E-state index contributed by atoms with van der Waals surface area (Å²) in [5.41, 5.74) is 0.0278. The summed E-state index contributed by atoms with van der Waals surface area (Å²) in [5, 5.41) is 5.81. The summed E-state index contributed by atoms with van der Waals surface area (Å²) in [6.07, 6.45) is 0.134. The van der Waals surface area contributed by atoms with Crippen molar-refractivity contribution in [2.45, 2.75) is 52.1 Å². The Morgan fingerprint density at radius 3 is 2.57 bits per heavy atom. The van der Waals surface area contributed by atoms with Gasteiger partial charge in [-0.3, -0.25) is 14.4 Å². The second-order valence-corrected chi connectivity index (χ2v) is 8.55. The molecule has 3 rings (SSSR count). The van der Waals surface area contributed by atoms with Crippen LogP contribution < -0.4 is 20.1 Å². The molecule has 1 saturated heterocycles. The Kier molecular flexibility index (Phi) is 6.53. The van der Waals surface area contributed by atoms with Crippen LogP contribution in [0.5, 0.6) is 11.5 Å².